The first-order chi connectivity index (χ1) is 7.66. The van der Waals surface area contributed by atoms with Crippen LogP contribution in [-0.2, 0) is 9.59 Å². The number of rotatable bonds is 10. The van der Waals surface area contributed by atoms with Crippen molar-refractivity contribution in [2.75, 3.05) is 19.6 Å². The molecule has 0 aromatic heterocycles. The average Bonchev–Trinajstić information content (AvgIpc) is 2.22. The van der Waals surface area contributed by atoms with Gasteiger partial charge in [-0.2, -0.15) is 0 Å². The number of aliphatic carboxylic acids is 1. The molecule has 0 aliphatic rings. The third-order valence-corrected chi connectivity index (χ3v) is 2.15. The summed E-state index contributed by atoms with van der Waals surface area (Å²) < 4.78 is 0. The Kier molecular flexibility index (Phi) is 9.70. The molecule has 1 amide bonds. The van der Waals surface area contributed by atoms with Gasteiger partial charge < -0.3 is 15.7 Å². The number of unbranched alkanes of at least 4 members (excludes halogenated alkanes) is 2. The zero-order valence-electron chi connectivity index (χ0n) is 9.92. The van der Waals surface area contributed by atoms with Gasteiger partial charge in [-0.1, -0.05) is 6.42 Å². The van der Waals surface area contributed by atoms with Crippen LogP contribution in [0.25, 0.3) is 0 Å². The van der Waals surface area contributed by atoms with Crippen LogP contribution in [0.4, 0.5) is 0 Å². The van der Waals surface area contributed by atoms with Gasteiger partial charge in [0.1, 0.15) is 0 Å². The van der Waals surface area contributed by atoms with Crippen LogP contribution in [0.1, 0.15) is 39.0 Å². The van der Waals surface area contributed by atoms with Crippen LogP contribution in [0.5, 0.6) is 0 Å². The molecule has 5 heteroatoms. The zero-order valence-corrected chi connectivity index (χ0v) is 9.92. The summed E-state index contributed by atoms with van der Waals surface area (Å²) in [6, 6.07) is 0. The van der Waals surface area contributed by atoms with Gasteiger partial charge in [-0.05, 0) is 26.3 Å². The van der Waals surface area contributed by atoms with E-state index >= 15 is 0 Å². The van der Waals surface area contributed by atoms with Crippen molar-refractivity contribution in [3.63, 3.8) is 0 Å². The molecule has 0 radical (unpaired) electrons. The summed E-state index contributed by atoms with van der Waals surface area (Å²) in [6.45, 7) is 4.10. The summed E-state index contributed by atoms with van der Waals surface area (Å²) in [6.07, 6.45) is 3.36. The highest BCUT2D eigenvalue weighted by Crippen LogP contribution is 1.98. The molecule has 0 fully saturated rings. The van der Waals surface area contributed by atoms with Crippen molar-refractivity contribution in [1.82, 2.24) is 10.6 Å². The van der Waals surface area contributed by atoms with Crippen molar-refractivity contribution in [2.45, 2.75) is 39.0 Å². The number of hydrogen-bond acceptors (Lipinski definition) is 3. The van der Waals surface area contributed by atoms with E-state index in [1.165, 1.54) is 0 Å². The second-order valence-electron chi connectivity index (χ2n) is 3.66. The number of carbonyl (C=O) groups excluding carboxylic acids is 1. The Morgan fingerprint density at radius 1 is 1.06 bits per heavy atom. The van der Waals surface area contributed by atoms with Gasteiger partial charge in [-0.25, -0.2) is 0 Å². The van der Waals surface area contributed by atoms with Gasteiger partial charge in [0, 0.05) is 25.9 Å². The molecule has 3 N–H and O–H groups in total. The molecular formula is C11H22N2O3. The van der Waals surface area contributed by atoms with Gasteiger partial charge in [0.25, 0.3) is 0 Å². The van der Waals surface area contributed by atoms with Crippen molar-refractivity contribution in [3.05, 3.63) is 0 Å². The number of hydrogen-bond donors (Lipinski definition) is 3. The van der Waals surface area contributed by atoms with E-state index in [4.69, 9.17) is 5.11 Å². The monoisotopic (exact) mass is 230 g/mol. The lowest BCUT2D eigenvalue weighted by Gasteiger charge is -2.04. The summed E-state index contributed by atoms with van der Waals surface area (Å²) in [7, 11) is 0. The molecule has 0 atom stereocenters. The minimum Gasteiger partial charge on any atom is -0.481 e. The second kappa shape index (κ2) is 10.4. The molecule has 0 aromatic rings. The van der Waals surface area contributed by atoms with E-state index in [9.17, 15) is 9.59 Å². The molecule has 0 bridgehead atoms. The number of carboxylic acid groups (broad SMARTS) is 1. The van der Waals surface area contributed by atoms with Crippen LogP contribution < -0.4 is 10.6 Å². The summed E-state index contributed by atoms with van der Waals surface area (Å²) in [5.41, 5.74) is 0. The quantitative estimate of drug-likeness (QED) is 0.484. The molecule has 0 unspecified atom stereocenters. The highest BCUT2D eigenvalue weighted by atomic mass is 16.4. The second-order valence-corrected chi connectivity index (χ2v) is 3.66. The largest absolute Gasteiger partial charge is 0.481 e. The number of carbonyl (C=O) groups is 2. The number of nitrogens with one attached hydrogen (secondary N) is 2. The Morgan fingerprint density at radius 3 is 2.44 bits per heavy atom. The van der Waals surface area contributed by atoms with Gasteiger partial charge in [0.2, 0.25) is 5.91 Å². The molecule has 0 aromatic carbocycles. The molecule has 0 spiro atoms. The van der Waals surface area contributed by atoms with Gasteiger partial charge >= 0.3 is 5.97 Å². The average molecular weight is 230 g/mol. The fourth-order valence-corrected chi connectivity index (χ4v) is 1.32. The van der Waals surface area contributed by atoms with E-state index in [0.29, 0.717) is 19.5 Å². The molecule has 5 nitrogen and oxygen atoms in total. The summed E-state index contributed by atoms with van der Waals surface area (Å²) in [5.74, 6) is -0.662. The first kappa shape index (κ1) is 14.9. The minimum absolute atomic E-state index is 0.0703. The number of carboxylic acids is 1. The third kappa shape index (κ3) is 11.0. The lowest BCUT2D eigenvalue weighted by molar-refractivity contribution is -0.137. The summed E-state index contributed by atoms with van der Waals surface area (Å²) >= 11 is 0. The lowest BCUT2D eigenvalue weighted by atomic mass is 10.2. The Morgan fingerprint density at radius 2 is 1.81 bits per heavy atom. The van der Waals surface area contributed by atoms with E-state index < -0.39 is 5.97 Å². The normalized spacial score (nSPS) is 10.1. The fourth-order valence-electron chi connectivity index (χ4n) is 1.32. The van der Waals surface area contributed by atoms with E-state index in [1.807, 2.05) is 6.92 Å². The van der Waals surface area contributed by atoms with Crippen molar-refractivity contribution in [1.29, 1.82) is 0 Å². The first-order valence-corrected chi connectivity index (χ1v) is 5.86. The van der Waals surface area contributed by atoms with Gasteiger partial charge in [0.15, 0.2) is 0 Å². The van der Waals surface area contributed by atoms with Crippen molar-refractivity contribution in [3.8, 4) is 0 Å². The molecule has 0 rings (SSSR count). The van der Waals surface area contributed by atoms with Crippen LogP contribution in [-0.4, -0.2) is 36.6 Å². The van der Waals surface area contributed by atoms with Gasteiger partial charge in [-0.3, -0.25) is 9.59 Å². The lowest BCUT2D eigenvalue weighted by Crippen LogP contribution is -2.27. The highest BCUT2D eigenvalue weighted by molar-refractivity contribution is 5.75. The topological polar surface area (TPSA) is 78.4 Å². The minimum atomic E-state index is -0.732. The summed E-state index contributed by atoms with van der Waals surface area (Å²) in [5, 5.41) is 14.3. The highest BCUT2D eigenvalue weighted by Gasteiger charge is 1.98. The SMILES string of the molecule is CCNC(=O)CCNCCCCCC(=O)O. The molecule has 16 heavy (non-hydrogen) atoms. The van der Waals surface area contributed by atoms with Crippen LogP contribution in [0.2, 0.25) is 0 Å². The molecule has 94 valence electrons. The Hall–Kier alpha value is -1.10. The number of amides is 1. The maximum atomic E-state index is 11.0. The maximum absolute atomic E-state index is 11.0. The van der Waals surface area contributed by atoms with Crippen molar-refractivity contribution in [2.24, 2.45) is 0 Å². The van der Waals surface area contributed by atoms with Crippen molar-refractivity contribution >= 4 is 11.9 Å². The van der Waals surface area contributed by atoms with E-state index in [0.717, 1.165) is 25.8 Å². The predicted molar refractivity (Wildman–Crippen MR) is 62.3 cm³/mol. The molecular weight excluding hydrogens is 208 g/mol. The van der Waals surface area contributed by atoms with Crippen LogP contribution in [0.3, 0.4) is 0 Å². The zero-order chi connectivity index (χ0) is 12.2. The molecule has 0 aliphatic carbocycles. The molecule has 0 saturated heterocycles. The smallest absolute Gasteiger partial charge is 0.303 e. The predicted octanol–water partition coefficient (Wildman–Crippen LogP) is 0.747. The van der Waals surface area contributed by atoms with E-state index in [-0.39, 0.29) is 12.3 Å². The Balaban J connectivity index is 3.09. The van der Waals surface area contributed by atoms with E-state index in [2.05, 4.69) is 10.6 Å². The first-order valence-electron chi connectivity index (χ1n) is 5.86. The maximum Gasteiger partial charge on any atom is 0.303 e. The molecule has 0 saturated carbocycles. The van der Waals surface area contributed by atoms with Crippen LogP contribution >= 0.6 is 0 Å². The molecule has 0 heterocycles. The fraction of sp³-hybridized carbons (Fsp3) is 0.818. The van der Waals surface area contributed by atoms with Gasteiger partial charge in [-0.15, -0.1) is 0 Å². The van der Waals surface area contributed by atoms with Crippen LogP contribution in [0, 0.1) is 0 Å². The summed E-state index contributed by atoms with van der Waals surface area (Å²) in [4.78, 5) is 21.2. The van der Waals surface area contributed by atoms with Crippen molar-refractivity contribution < 1.29 is 14.7 Å². The Bertz CT molecular complexity index is 207. The van der Waals surface area contributed by atoms with Crippen LogP contribution in [0.15, 0.2) is 0 Å². The molecule has 0 aliphatic heterocycles. The standard InChI is InChI=1S/C11H22N2O3/c1-2-13-10(14)7-9-12-8-5-3-4-6-11(15)16/h12H,2-9H2,1H3,(H,13,14)(H,15,16). The third-order valence-electron chi connectivity index (χ3n) is 2.15. The Labute approximate surface area is 96.6 Å². The van der Waals surface area contributed by atoms with E-state index in [1.54, 1.807) is 0 Å². The van der Waals surface area contributed by atoms with Gasteiger partial charge in [0.05, 0.1) is 0 Å².